The fourth-order valence-electron chi connectivity index (χ4n) is 4.43. The largest absolute Gasteiger partial charge is 0.503 e. The lowest BCUT2D eigenvalue weighted by atomic mass is 9.85. The summed E-state index contributed by atoms with van der Waals surface area (Å²) in [4.78, 5) is 28.5. The molecule has 0 fully saturated rings. The van der Waals surface area contributed by atoms with E-state index >= 15 is 0 Å². The van der Waals surface area contributed by atoms with Gasteiger partial charge in [0.05, 0.1) is 11.6 Å². The van der Waals surface area contributed by atoms with Crippen LogP contribution >= 0.6 is 15.9 Å². The number of para-hydroxylation sites is 1. The zero-order chi connectivity index (χ0) is 24.9. The van der Waals surface area contributed by atoms with Crippen molar-refractivity contribution in [3.05, 3.63) is 112 Å². The number of nitrogens with zero attached hydrogens (tertiary/aromatic N) is 1. The molecule has 0 bridgehead atoms. The van der Waals surface area contributed by atoms with Gasteiger partial charge in [0.1, 0.15) is 5.58 Å². The molecule has 0 saturated heterocycles. The number of halogens is 1. The maximum Gasteiger partial charge on any atom is 0.294 e. The molecule has 1 unspecified atom stereocenters. The standard InChI is InChI=1S/C29H24BrNO4/c1-29(2,3)19-11-9-17(10-12-19)25-24(27(33)28(34)31(25)21-7-5-4-6-8-21)26(32)23-16-18-15-20(30)13-14-22(18)35-23/h4-16,25,33H,1-3H3. The number of hydrogen-bond donors (Lipinski definition) is 1. The van der Waals surface area contributed by atoms with E-state index in [2.05, 4.69) is 36.7 Å². The van der Waals surface area contributed by atoms with Gasteiger partial charge in [0.15, 0.2) is 11.5 Å². The number of aliphatic hydroxyl groups is 1. The Labute approximate surface area is 211 Å². The van der Waals surface area contributed by atoms with E-state index in [1.54, 1.807) is 24.3 Å². The third kappa shape index (κ3) is 4.08. The molecule has 1 atom stereocenters. The number of aliphatic hydroxyl groups excluding tert-OH is 1. The third-order valence-corrected chi connectivity index (χ3v) is 6.77. The second-order valence-corrected chi connectivity index (χ2v) is 10.6. The zero-order valence-electron chi connectivity index (χ0n) is 19.6. The van der Waals surface area contributed by atoms with Gasteiger partial charge in [0.2, 0.25) is 5.78 Å². The first-order valence-corrected chi connectivity index (χ1v) is 12.1. The van der Waals surface area contributed by atoms with Crippen LogP contribution in [0.15, 0.2) is 99.1 Å². The van der Waals surface area contributed by atoms with Crippen LogP contribution in [0.1, 0.15) is 48.5 Å². The third-order valence-electron chi connectivity index (χ3n) is 6.28. The number of Topliss-reactive ketones (excluding diaryl/α,β-unsaturated/α-hetero) is 1. The Morgan fingerprint density at radius 2 is 1.66 bits per heavy atom. The number of hydrogen-bond acceptors (Lipinski definition) is 4. The molecule has 1 amide bonds. The number of fused-ring (bicyclic) bond motifs is 1. The molecular formula is C29H24BrNO4. The minimum atomic E-state index is -0.800. The molecule has 1 N–H and O–H groups in total. The van der Waals surface area contributed by atoms with Crippen molar-refractivity contribution in [2.75, 3.05) is 4.90 Å². The molecule has 5 nitrogen and oxygen atoms in total. The van der Waals surface area contributed by atoms with Crippen molar-refractivity contribution >= 4 is 44.3 Å². The van der Waals surface area contributed by atoms with Crippen molar-refractivity contribution < 1.29 is 19.1 Å². The Bertz CT molecular complexity index is 1480. The van der Waals surface area contributed by atoms with E-state index in [0.717, 1.165) is 21.0 Å². The Morgan fingerprint density at radius 1 is 0.971 bits per heavy atom. The molecule has 35 heavy (non-hydrogen) atoms. The van der Waals surface area contributed by atoms with Gasteiger partial charge in [0.25, 0.3) is 5.91 Å². The highest BCUT2D eigenvalue weighted by atomic mass is 79.9. The average Bonchev–Trinajstić information content (AvgIpc) is 3.37. The molecule has 1 aliphatic rings. The Balaban J connectivity index is 1.64. The molecule has 0 aliphatic carbocycles. The van der Waals surface area contributed by atoms with Gasteiger partial charge >= 0.3 is 0 Å². The summed E-state index contributed by atoms with van der Waals surface area (Å²) in [5.74, 6) is -1.64. The van der Waals surface area contributed by atoms with Crippen molar-refractivity contribution in [2.24, 2.45) is 0 Å². The zero-order valence-corrected chi connectivity index (χ0v) is 21.2. The number of rotatable bonds is 4. The van der Waals surface area contributed by atoms with Crippen LogP contribution in [-0.2, 0) is 10.2 Å². The first-order valence-electron chi connectivity index (χ1n) is 11.3. The quantitative estimate of drug-likeness (QED) is 0.282. The van der Waals surface area contributed by atoms with Gasteiger partial charge in [-0.2, -0.15) is 0 Å². The number of amides is 1. The molecule has 0 saturated carbocycles. The van der Waals surface area contributed by atoms with Crippen LogP contribution < -0.4 is 4.90 Å². The van der Waals surface area contributed by atoms with Crippen molar-refractivity contribution in [3.63, 3.8) is 0 Å². The molecule has 6 heteroatoms. The second-order valence-electron chi connectivity index (χ2n) is 9.67. The highest BCUT2D eigenvalue weighted by Gasteiger charge is 2.45. The van der Waals surface area contributed by atoms with Gasteiger partial charge in [-0.1, -0.05) is 79.2 Å². The average molecular weight is 530 g/mol. The number of carbonyl (C=O) groups excluding carboxylic acids is 2. The predicted octanol–water partition coefficient (Wildman–Crippen LogP) is 7.28. The van der Waals surface area contributed by atoms with E-state index in [-0.39, 0.29) is 16.7 Å². The van der Waals surface area contributed by atoms with Crippen LogP contribution in [0.2, 0.25) is 0 Å². The number of benzene rings is 3. The van der Waals surface area contributed by atoms with Crippen molar-refractivity contribution in [2.45, 2.75) is 32.2 Å². The summed E-state index contributed by atoms with van der Waals surface area (Å²) in [6, 6.07) is 23.2. The van der Waals surface area contributed by atoms with E-state index in [4.69, 9.17) is 4.42 Å². The fraction of sp³-hybridized carbons (Fsp3) is 0.172. The predicted molar refractivity (Wildman–Crippen MR) is 140 cm³/mol. The second kappa shape index (κ2) is 8.54. The monoisotopic (exact) mass is 529 g/mol. The minimum absolute atomic E-state index is 0.000448. The van der Waals surface area contributed by atoms with Gasteiger partial charge < -0.3 is 9.52 Å². The lowest BCUT2D eigenvalue weighted by molar-refractivity contribution is -0.117. The molecule has 1 aliphatic heterocycles. The summed E-state index contributed by atoms with van der Waals surface area (Å²) in [5.41, 5.74) is 2.93. The van der Waals surface area contributed by atoms with Gasteiger partial charge in [-0.25, -0.2) is 0 Å². The summed E-state index contributed by atoms with van der Waals surface area (Å²) in [6.07, 6.45) is 0. The SMILES string of the molecule is CC(C)(C)c1ccc(C2C(C(=O)c3cc4cc(Br)ccc4o3)=C(O)C(=O)N2c2ccccc2)cc1. The maximum atomic E-state index is 13.7. The molecule has 176 valence electrons. The molecule has 3 aromatic carbocycles. The Morgan fingerprint density at radius 3 is 2.31 bits per heavy atom. The maximum absolute atomic E-state index is 13.7. The van der Waals surface area contributed by atoms with Crippen molar-refractivity contribution in [3.8, 4) is 0 Å². The summed E-state index contributed by atoms with van der Waals surface area (Å²) >= 11 is 3.43. The normalized spacial score (nSPS) is 16.4. The number of carbonyl (C=O) groups is 2. The van der Waals surface area contributed by atoms with E-state index in [0.29, 0.717) is 11.3 Å². The number of furan rings is 1. The Hall–Kier alpha value is -3.64. The van der Waals surface area contributed by atoms with Crippen LogP contribution in [0.3, 0.4) is 0 Å². The topological polar surface area (TPSA) is 70.7 Å². The molecular weight excluding hydrogens is 506 g/mol. The molecule has 1 aromatic heterocycles. The van der Waals surface area contributed by atoms with Crippen LogP contribution in [0.5, 0.6) is 0 Å². The van der Waals surface area contributed by atoms with Crippen LogP contribution in [0.25, 0.3) is 11.0 Å². The Kier molecular flexibility index (Phi) is 5.64. The summed E-state index contributed by atoms with van der Waals surface area (Å²) in [6.45, 7) is 6.37. The highest BCUT2D eigenvalue weighted by Crippen LogP contribution is 2.42. The summed E-state index contributed by atoms with van der Waals surface area (Å²) in [7, 11) is 0. The van der Waals surface area contributed by atoms with E-state index < -0.39 is 23.5 Å². The fourth-order valence-corrected chi connectivity index (χ4v) is 4.81. The van der Waals surface area contributed by atoms with Gasteiger partial charge in [-0.3, -0.25) is 14.5 Å². The molecule has 0 radical (unpaired) electrons. The number of ketones is 1. The van der Waals surface area contributed by atoms with Gasteiger partial charge in [-0.15, -0.1) is 0 Å². The molecule has 2 heterocycles. The lowest BCUT2D eigenvalue weighted by Crippen LogP contribution is -2.31. The first kappa shape index (κ1) is 23.1. The first-order chi connectivity index (χ1) is 16.6. The minimum Gasteiger partial charge on any atom is -0.503 e. The highest BCUT2D eigenvalue weighted by molar-refractivity contribution is 9.10. The van der Waals surface area contributed by atoms with Crippen LogP contribution in [0, 0.1) is 0 Å². The van der Waals surface area contributed by atoms with E-state index in [9.17, 15) is 14.7 Å². The number of anilines is 1. The van der Waals surface area contributed by atoms with E-state index in [1.807, 2.05) is 54.6 Å². The smallest absolute Gasteiger partial charge is 0.294 e. The van der Waals surface area contributed by atoms with Gasteiger partial charge in [0, 0.05) is 15.5 Å². The van der Waals surface area contributed by atoms with Crippen molar-refractivity contribution in [1.82, 2.24) is 0 Å². The molecule has 4 aromatic rings. The van der Waals surface area contributed by atoms with Crippen LogP contribution in [-0.4, -0.2) is 16.8 Å². The lowest BCUT2D eigenvalue weighted by Gasteiger charge is -2.27. The summed E-state index contributed by atoms with van der Waals surface area (Å²) < 4.78 is 6.68. The van der Waals surface area contributed by atoms with Gasteiger partial charge in [-0.05, 0) is 52.9 Å². The van der Waals surface area contributed by atoms with Crippen LogP contribution in [0.4, 0.5) is 5.69 Å². The van der Waals surface area contributed by atoms with Crippen molar-refractivity contribution in [1.29, 1.82) is 0 Å². The molecule has 0 spiro atoms. The molecule has 5 rings (SSSR count). The summed E-state index contributed by atoms with van der Waals surface area (Å²) in [5, 5.41) is 11.7. The van der Waals surface area contributed by atoms with E-state index in [1.165, 1.54) is 4.90 Å².